The monoisotopic (exact) mass is 372 g/mol. The number of thioether (sulfide) groups is 1. The number of nitrogens with zero attached hydrogens (tertiary/aromatic N) is 3. The maximum Gasteiger partial charge on any atom is 0.251 e. The van der Waals surface area contributed by atoms with Crippen LogP contribution in [0.5, 0.6) is 0 Å². The van der Waals surface area contributed by atoms with Gasteiger partial charge in [-0.2, -0.15) is 0 Å². The molecule has 2 aromatic rings. The summed E-state index contributed by atoms with van der Waals surface area (Å²) in [6, 6.07) is 6.53. The molecular weight excluding hydrogens is 344 g/mol. The van der Waals surface area contributed by atoms with Gasteiger partial charge in [0.25, 0.3) is 5.91 Å². The van der Waals surface area contributed by atoms with E-state index in [1.54, 1.807) is 11.8 Å². The minimum Gasteiger partial charge on any atom is -0.352 e. The lowest BCUT2D eigenvalue weighted by atomic mass is 10.1. The quantitative estimate of drug-likeness (QED) is 0.587. The summed E-state index contributed by atoms with van der Waals surface area (Å²) in [4.78, 5) is 12.4. The molecule has 0 aliphatic heterocycles. The fourth-order valence-electron chi connectivity index (χ4n) is 3.67. The number of nitrogens with one attached hydrogen (secondary N) is 1. The van der Waals surface area contributed by atoms with Crippen LogP contribution in [0.3, 0.4) is 0 Å². The Morgan fingerprint density at radius 3 is 2.77 bits per heavy atom. The molecule has 1 fully saturated rings. The van der Waals surface area contributed by atoms with Gasteiger partial charge in [-0.3, -0.25) is 4.79 Å². The van der Waals surface area contributed by atoms with E-state index in [0.29, 0.717) is 12.6 Å². The Morgan fingerprint density at radius 2 is 2.04 bits per heavy atom. The van der Waals surface area contributed by atoms with Crippen LogP contribution in [0.25, 0.3) is 0 Å². The Labute approximate surface area is 160 Å². The fraction of sp³-hybridized carbons (Fsp3) is 0.550. The highest BCUT2D eigenvalue weighted by Gasteiger charge is 2.23. The zero-order valence-corrected chi connectivity index (χ0v) is 16.7. The summed E-state index contributed by atoms with van der Waals surface area (Å²) in [5.41, 5.74) is 2.89. The minimum atomic E-state index is 0.00765. The Kier molecular flexibility index (Phi) is 6.35. The van der Waals surface area contributed by atoms with Gasteiger partial charge < -0.3 is 9.88 Å². The number of hydrogen-bond acceptors (Lipinski definition) is 4. The van der Waals surface area contributed by atoms with Gasteiger partial charge in [-0.25, -0.2) is 0 Å². The first kappa shape index (κ1) is 19.0. The fourth-order valence-corrected chi connectivity index (χ4v) is 4.24. The smallest absolute Gasteiger partial charge is 0.251 e. The first-order valence-electron chi connectivity index (χ1n) is 9.43. The largest absolute Gasteiger partial charge is 0.352 e. The molecule has 1 aromatic carbocycles. The number of carbonyl (C=O) groups excluding carboxylic acids is 1. The van der Waals surface area contributed by atoms with Crippen LogP contribution in [0.15, 0.2) is 23.4 Å². The first-order chi connectivity index (χ1) is 12.6. The number of aromatic nitrogens is 3. The molecular formula is C20H28N4OS. The van der Waals surface area contributed by atoms with E-state index in [-0.39, 0.29) is 5.91 Å². The van der Waals surface area contributed by atoms with Crippen LogP contribution in [-0.2, 0) is 6.42 Å². The Bertz CT molecular complexity index is 765. The van der Waals surface area contributed by atoms with Gasteiger partial charge in [-0.1, -0.05) is 42.3 Å². The molecule has 0 radical (unpaired) electrons. The molecule has 0 bridgehead atoms. The SMILES string of the molecule is CSc1nnc(CCCNC(=O)c2cc(C)ccc2C)n1C1CCCC1. The summed E-state index contributed by atoms with van der Waals surface area (Å²) >= 11 is 1.67. The molecule has 0 atom stereocenters. The van der Waals surface area contributed by atoms with Crippen molar-refractivity contribution in [2.45, 2.75) is 63.6 Å². The van der Waals surface area contributed by atoms with Crippen LogP contribution >= 0.6 is 11.8 Å². The molecule has 1 saturated carbocycles. The van der Waals surface area contributed by atoms with E-state index in [1.807, 2.05) is 32.0 Å². The molecule has 26 heavy (non-hydrogen) atoms. The average molecular weight is 373 g/mol. The van der Waals surface area contributed by atoms with Crippen molar-refractivity contribution in [3.8, 4) is 0 Å². The summed E-state index contributed by atoms with van der Waals surface area (Å²) in [6.07, 6.45) is 8.81. The predicted molar refractivity (Wildman–Crippen MR) is 106 cm³/mol. The second-order valence-corrected chi connectivity index (χ2v) is 7.86. The van der Waals surface area contributed by atoms with Crippen molar-refractivity contribution in [1.29, 1.82) is 0 Å². The lowest BCUT2D eigenvalue weighted by Crippen LogP contribution is -2.26. The topological polar surface area (TPSA) is 59.8 Å². The Hall–Kier alpha value is -1.82. The molecule has 6 heteroatoms. The van der Waals surface area contributed by atoms with E-state index >= 15 is 0 Å². The zero-order valence-electron chi connectivity index (χ0n) is 15.9. The summed E-state index contributed by atoms with van der Waals surface area (Å²) in [5.74, 6) is 1.07. The van der Waals surface area contributed by atoms with E-state index in [1.165, 1.54) is 25.7 Å². The molecule has 1 heterocycles. The lowest BCUT2D eigenvalue weighted by molar-refractivity contribution is 0.0952. The summed E-state index contributed by atoms with van der Waals surface area (Å²) in [5, 5.41) is 12.8. The third-order valence-corrected chi connectivity index (χ3v) is 5.75. The van der Waals surface area contributed by atoms with Gasteiger partial charge in [0, 0.05) is 24.6 Å². The Morgan fingerprint density at radius 1 is 1.27 bits per heavy atom. The summed E-state index contributed by atoms with van der Waals surface area (Å²) < 4.78 is 2.34. The van der Waals surface area contributed by atoms with E-state index in [9.17, 15) is 4.79 Å². The minimum absolute atomic E-state index is 0.00765. The van der Waals surface area contributed by atoms with Crippen LogP contribution in [0, 0.1) is 13.8 Å². The second-order valence-electron chi connectivity index (χ2n) is 7.09. The molecule has 0 saturated heterocycles. The zero-order chi connectivity index (χ0) is 18.5. The lowest BCUT2D eigenvalue weighted by Gasteiger charge is -2.16. The molecule has 0 unspecified atom stereocenters. The highest BCUT2D eigenvalue weighted by molar-refractivity contribution is 7.98. The second kappa shape index (κ2) is 8.71. The predicted octanol–water partition coefficient (Wildman–Crippen LogP) is 4.09. The molecule has 3 rings (SSSR count). The van der Waals surface area contributed by atoms with Crippen LogP contribution in [0.1, 0.15) is 65.5 Å². The number of benzene rings is 1. The van der Waals surface area contributed by atoms with Crippen molar-refractivity contribution >= 4 is 17.7 Å². The highest BCUT2D eigenvalue weighted by Crippen LogP contribution is 2.33. The summed E-state index contributed by atoms with van der Waals surface area (Å²) in [6.45, 7) is 4.64. The van der Waals surface area contributed by atoms with Gasteiger partial charge in [-0.05, 0) is 51.0 Å². The van der Waals surface area contributed by atoms with E-state index in [0.717, 1.165) is 40.5 Å². The number of hydrogen-bond donors (Lipinski definition) is 1. The van der Waals surface area contributed by atoms with Gasteiger partial charge in [-0.15, -0.1) is 10.2 Å². The number of amides is 1. The van der Waals surface area contributed by atoms with Crippen molar-refractivity contribution in [2.75, 3.05) is 12.8 Å². The van der Waals surface area contributed by atoms with E-state index < -0.39 is 0 Å². The highest BCUT2D eigenvalue weighted by atomic mass is 32.2. The van der Waals surface area contributed by atoms with Crippen LogP contribution in [0.2, 0.25) is 0 Å². The Balaban J connectivity index is 1.56. The normalized spacial score (nSPS) is 14.7. The standard InChI is InChI=1S/C20H28N4OS/c1-14-10-11-15(2)17(13-14)19(25)21-12-6-9-18-22-23-20(26-3)24(18)16-7-4-5-8-16/h10-11,13,16H,4-9,12H2,1-3H3,(H,21,25). The third-order valence-electron chi connectivity index (χ3n) is 5.11. The third kappa shape index (κ3) is 4.29. The van der Waals surface area contributed by atoms with Gasteiger partial charge in [0.2, 0.25) is 0 Å². The van der Waals surface area contributed by atoms with Crippen LogP contribution in [-0.4, -0.2) is 33.5 Å². The molecule has 5 nitrogen and oxygen atoms in total. The van der Waals surface area contributed by atoms with Crippen molar-refractivity contribution in [3.05, 3.63) is 40.7 Å². The number of aryl methyl sites for hydroxylation is 3. The van der Waals surface area contributed by atoms with Crippen molar-refractivity contribution < 1.29 is 4.79 Å². The average Bonchev–Trinajstić information content (AvgIpc) is 3.29. The van der Waals surface area contributed by atoms with Crippen molar-refractivity contribution in [2.24, 2.45) is 0 Å². The molecule has 1 amide bonds. The van der Waals surface area contributed by atoms with Gasteiger partial charge in [0.1, 0.15) is 5.82 Å². The molecule has 1 aromatic heterocycles. The number of rotatable bonds is 7. The molecule has 1 aliphatic carbocycles. The molecule has 0 spiro atoms. The van der Waals surface area contributed by atoms with Gasteiger partial charge in [0.15, 0.2) is 5.16 Å². The maximum atomic E-state index is 12.4. The van der Waals surface area contributed by atoms with Gasteiger partial charge in [0.05, 0.1) is 0 Å². The van der Waals surface area contributed by atoms with E-state index in [2.05, 4.69) is 26.3 Å². The van der Waals surface area contributed by atoms with Crippen molar-refractivity contribution in [3.63, 3.8) is 0 Å². The molecule has 1 N–H and O–H groups in total. The van der Waals surface area contributed by atoms with Crippen LogP contribution in [0.4, 0.5) is 0 Å². The van der Waals surface area contributed by atoms with E-state index in [4.69, 9.17) is 0 Å². The number of carbonyl (C=O) groups is 1. The van der Waals surface area contributed by atoms with Crippen molar-refractivity contribution in [1.82, 2.24) is 20.1 Å². The first-order valence-corrected chi connectivity index (χ1v) is 10.7. The van der Waals surface area contributed by atoms with Gasteiger partial charge >= 0.3 is 0 Å². The summed E-state index contributed by atoms with van der Waals surface area (Å²) in [7, 11) is 0. The molecule has 1 aliphatic rings. The molecule has 140 valence electrons. The van der Waals surface area contributed by atoms with Crippen LogP contribution < -0.4 is 5.32 Å². The maximum absolute atomic E-state index is 12.4.